The van der Waals surface area contributed by atoms with Gasteiger partial charge in [0.15, 0.2) is 0 Å². The van der Waals surface area contributed by atoms with Gasteiger partial charge in [-0.1, -0.05) is 13.8 Å². The molecule has 0 saturated heterocycles. The zero-order chi connectivity index (χ0) is 12.6. The second kappa shape index (κ2) is 8.50. The normalized spacial score (nSPS) is 13.4. The number of nitrogens with zero attached hydrogens (tertiary/aromatic N) is 1. The predicted octanol–water partition coefficient (Wildman–Crippen LogP) is 0.406. The van der Waals surface area contributed by atoms with E-state index in [1.54, 1.807) is 7.11 Å². The zero-order valence-corrected chi connectivity index (χ0v) is 10.7. The third kappa shape index (κ3) is 7.62. The summed E-state index contributed by atoms with van der Waals surface area (Å²) in [5.41, 5.74) is 0. The van der Waals surface area contributed by atoms with E-state index in [2.05, 4.69) is 10.2 Å². The summed E-state index contributed by atoms with van der Waals surface area (Å²) in [4.78, 5) is 13.0. The molecule has 0 aromatic heterocycles. The van der Waals surface area contributed by atoms with Crippen LogP contribution in [0.25, 0.3) is 0 Å². The minimum Gasteiger partial charge on any atom is -0.480 e. The van der Waals surface area contributed by atoms with Gasteiger partial charge >= 0.3 is 5.97 Å². The third-order valence-electron chi connectivity index (χ3n) is 2.31. The lowest BCUT2D eigenvalue weighted by atomic mass is 10.2. The summed E-state index contributed by atoms with van der Waals surface area (Å²) in [7, 11) is 3.63. The monoisotopic (exact) mass is 232 g/mol. The molecule has 0 rings (SSSR count). The van der Waals surface area contributed by atoms with Crippen LogP contribution in [0.5, 0.6) is 0 Å². The number of rotatable bonds is 9. The van der Waals surface area contributed by atoms with Crippen molar-refractivity contribution in [1.29, 1.82) is 0 Å². The molecule has 0 bridgehead atoms. The van der Waals surface area contributed by atoms with Crippen molar-refractivity contribution in [3.8, 4) is 0 Å². The Morgan fingerprint density at radius 2 is 2.06 bits per heavy atom. The van der Waals surface area contributed by atoms with E-state index in [0.717, 1.165) is 13.1 Å². The number of hydrogen-bond donors (Lipinski definition) is 2. The van der Waals surface area contributed by atoms with Crippen LogP contribution in [-0.4, -0.2) is 61.9 Å². The molecule has 0 heterocycles. The van der Waals surface area contributed by atoms with Gasteiger partial charge < -0.3 is 20.1 Å². The molecule has 0 amide bonds. The molecule has 0 aliphatic heterocycles. The lowest BCUT2D eigenvalue weighted by Gasteiger charge is -2.21. The Hall–Kier alpha value is -0.650. The van der Waals surface area contributed by atoms with E-state index in [4.69, 9.17) is 9.84 Å². The molecule has 0 aromatic rings. The molecule has 0 aliphatic rings. The zero-order valence-electron chi connectivity index (χ0n) is 10.7. The summed E-state index contributed by atoms with van der Waals surface area (Å²) in [6.07, 6.45) is 0.605. The number of aliphatic carboxylic acids is 1. The van der Waals surface area contributed by atoms with E-state index in [-0.39, 0.29) is 6.04 Å². The maximum absolute atomic E-state index is 11.0. The van der Waals surface area contributed by atoms with Crippen LogP contribution in [0.2, 0.25) is 0 Å². The van der Waals surface area contributed by atoms with Crippen molar-refractivity contribution < 1.29 is 14.6 Å². The molecule has 96 valence electrons. The summed E-state index contributed by atoms with van der Waals surface area (Å²) in [5, 5.41) is 12.0. The van der Waals surface area contributed by atoms with Crippen LogP contribution in [-0.2, 0) is 9.53 Å². The Kier molecular flexibility index (Phi) is 8.15. The van der Waals surface area contributed by atoms with Gasteiger partial charge in [-0.15, -0.1) is 0 Å². The van der Waals surface area contributed by atoms with E-state index < -0.39 is 12.0 Å². The molecule has 0 saturated carbocycles. The Morgan fingerprint density at radius 3 is 2.50 bits per heavy atom. The fourth-order valence-electron chi connectivity index (χ4n) is 1.39. The molecule has 1 unspecified atom stereocenters. The number of ether oxygens (including phenoxy) is 1. The molecule has 0 spiro atoms. The van der Waals surface area contributed by atoms with Crippen molar-refractivity contribution in [2.24, 2.45) is 0 Å². The van der Waals surface area contributed by atoms with Gasteiger partial charge in [-0.2, -0.15) is 0 Å². The average Bonchev–Trinajstić information content (AvgIpc) is 2.20. The highest BCUT2D eigenvalue weighted by Crippen LogP contribution is 1.97. The third-order valence-corrected chi connectivity index (χ3v) is 2.31. The fraction of sp³-hybridized carbons (Fsp3) is 0.909. The Balaban J connectivity index is 3.87. The van der Waals surface area contributed by atoms with Gasteiger partial charge in [-0.25, -0.2) is 0 Å². The van der Waals surface area contributed by atoms with Crippen LogP contribution >= 0.6 is 0 Å². The molecule has 0 aliphatic carbocycles. The number of likely N-dealkylation sites (N-methyl/N-ethyl adjacent to an activating group) is 1. The van der Waals surface area contributed by atoms with Crippen LogP contribution in [0, 0.1) is 0 Å². The predicted molar refractivity (Wildman–Crippen MR) is 63.7 cm³/mol. The molecule has 0 aromatic carbocycles. The summed E-state index contributed by atoms with van der Waals surface area (Å²) in [6, 6.07) is -0.282. The van der Waals surface area contributed by atoms with Crippen molar-refractivity contribution in [2.75, 3.05) is 33.9 Å². The average molecular weight is 232 g/mol. The van der Waals surface area contributed by atoms with Gasteiger partial charge in [-0.05, 0) is 20.0 Å². The van der Waals surface area contributed by atoms with Crippen LogP contribution < -0.4 is 5.32 Å². The first-order valence-corrected chi connectivity index (χ1v) is 5.63. The number of hydrogen-bond acceptors (Lipinski definition) is 4. The Bertz CT molecular complexity index is 198. The quantitative estimate of drug-likeness (QED) is 0.603. The highest BCUT2D eigenvalue weighted by Gasteiger charge is 2.18. The molecule has 0 fully saturated rings. The first kappa shape index (κ1) is 15.3. The van der Waals surface area contributed by atoms with Crippen molar-refractivity contribution in [1.82, 2.24) is 10.2 Å². The smallest absolute Gasteiger partial charge is 0.320 e. The molecular formula is C11H24N2O3. The summed E-state index contributed by atoms with van der Waals surface area (Å²) < 4.78 is 4.96. The minimum atomic E-state index is -0.783. The van der Waals surface area contributed by atoms with Gasteiger partial charge in [0, 0.05) is 19.7 Å². The van der Waals surface area contributed by atoms with Crippen molar-refractivity contribution in [3.63, 3.8) is 0 Å². The van der Waals surface area contributed by atoms with Gasteiger partial charge in [0.25, 0.3) is 0 Å². The van der Waals surface area contributed by atoms with E-state index >= 15 is 0 Å². The lowest BCUT2D eigenvalue weighted by molar-refractivity contribution is -0.139. The van der Waals surface area contributed by atoms with Crippen LogP contribution in [0.4, 0.5) is 0 Å². The minimum absolute atomic E-state index is 0.186. The molecule has 5 heteroatoms. The van der Waals surface area contributed by atoms with Gasteiger partial charge in [-0.3, -0.25) is 4.79 Å². The number of nitrogens with one attached hydrogen (secondary N) is 1. The van der Waals surface area contributed by atoms with Crippen molar-refractivity contribution >= 4 is 5.97 Å². The van der Waals surface area contributed by atoms with E-state index in [9.17, 15) is 4.79 Å². The number of carbonyl (C=O) groups is 1. The van der Waals surface area contributed by atoms with E-state index in [0.29, 0.717) is 13.0 Å². The molecule has 2 N–H and O–H groups in total. The van der Waals surface area contributed by atoms with Crippen LogP contribution in [0.1, 0.15) is 20.3 Å². The fourth-order valence-corrected chi connectivity index (χ4v) is 1.39. The molecule has 1 atom stereocenters. The first-order chi connectivity index (χ1) is 7.47. The summed E-state index contributed by atoms with van der Waals surface area (Å²) in [6.45, 7) is 6.14. The number of methoxy groups -OCH3 is 1. The van der Waals surface area contributed by atoms with Crippen molar-refractivity contribution in [3.05, 3.63) is 0 Å². The maximum Gasteiger partial charge on any atom is 0.320 e. The standard InChI is InChI=1S/C11H24N2O3/c1-9(2)12-10(11(14)15)5-6-13(3)7-8-16-4/h9-10,12H,5-8H2,1-4H3,(H,14,15). The van der Waals surface area contributed by atoms with Gasteiger partial charge in [0.05, 0.1) is 6.61 Å². The molecule has 16 heavy (non-hydrogen) atoms. The Morgan fingerprint density at radius 1 is 1.44 bits per heavy atom. The Labute approximate surface area is 97.8 Å². The second-order valence-corrected chi connectivity index (χ2v) is 4.30. The summed E-state index contributed by atoms with van der Waals surface area (Å²) in [5.74, 6) is -0.783. The maximum atomic E-state index is 11.0. The molecular weight excluding hydrogens is 208 g/mol. The van der Waals surface area contributed by atoms with Crippen LogP contribution in [0.15, 0.2) is 0 Å². The first-order valence-electron chi connectivity index (χ1n) is 5.63. The number of carboxylic acid groups (broad SMARTS) is 1. The highest BCUT2D eigenvalue weighted by molar-refractivity contribution is 5.73. The highest BCUT2D eigenvalue weighted by atomic mass is 16.5. The lowest BCUT2D eigenvalue weighted by Crippen LogP contribution is -2.43. The summed E-state index contributed by atoms with van der Waals surface area (Å²) >= 11 is 0. The SMILES string of the molecule is COCCN(C)CCC(NC(C)C)C(=O)O. The molecule has 5 nitrogen and oxygen atoms in total. The number of carboxylic acids is 1. The van der Waals surface area contributed by atoms with E-state index in [1.165, 1.54) is 0 Å². The van der Waals surface area contributed by atoms with Crippen molar-refractivity contribution in [2.45, 2.75) is 32.4 Å². The topological polar surface area (TPSA) is 61.8 Å². The van der Waals surface area contributed by atoms with Gasteiger partial charge in [0.2, 0.25) is 0 Å². The van der Waals surface area contributed by atoms with Gasteiger partial charge in [0.1, 0.15) is 6.04 Å². The van der Waals surface area contributed by atoms with E-state index in [1.807, 2.05) is 20.9 Å². The van der Waals surface area contributed by atoms with Crippen LogP contribution in [0.3, 0.4) is 0 Å². The largest absolute Gasteiger partial charge is 0.480 e. The molecule has 0 radical (unpaired) electrons. The second-order valence-electron chi connectivity index (χ2n) is 4.30.